The number of benzene rings is 3. The zero-order valence-corrected chi connectivity index (χ0v) is 26.2. The number of halogens is 3. The van der Waals surface area contributed by atoms with Crippen molar-refractivity contribution in [3.63, 3.8) is 0 Å². The van der Waals surface area contributed by atoms with Crippen molar-refractivity contribution >= 4 is 45.1 Å². The van der Waals surface area contributed by atoms with Crippen LogP contribution in [0.5, 0.6) is 0 Å². The van der Waals surface area contributed by atoms with Crippen LogP contribution in [-0.4, -0.2) is 57.4 Å². The van der Waals surface area contributed by atoms with E-state index in [9.17, 15) is 27.9 Å². The number of likely N-dealkylation sites (tertiary alicyclic amines) is 1. The lowest BCUT2D eigenvalue weighted by Crippen LogP contribution is -2.50. The summed E-state index contributed by atoms with van der Waals surface area (Å²) >= 11 is 3.29. The van der Waals surface area contributed by atoms with Crippen LogP contribution in [0.2, 0.25) is 0 Å². The Kier molecular flexibility index (Phi) is 9.95. The second-order valence-electron chi connectivity index (χ2n) is 11.2. The van der Waals surface area contributed by atoms with Gasteiger partial charge in [0.2, 0.25) is 5.91 Å². The monoisotopic (exact) mass is 671 g/mol. The van der Waals surface area contributed by atoms with Crippen molar-refractivity contribution < 1.29 is 37.3 Å². The molecule has 1 aromatic heterocycles. The van der Waals surface area contributed by atoms with Gasteiger partial charge in [0.25, 0.3) is 0 Å². The highest BCUT2D eigenvalue weighted by Crippen LogP contribution is 2.40. The zero-order chi connectivity index (χ0) is 32.3. The van der Waals surface area contributed by atoms with E-state index in [4.69, 9.17) is 14.5 Å². The number of thiazole rings is 1. The van der Waals surface area contributed by atoms with Gasteiger partial charge in [-0.15, -0.1) is 11.3 Å². The lowest BCUT2D eigenvalue weighted by molar-refractivity contribution is -0.245. The quantitative estimate of drug-likeness (QED) is 0.202. The van der Waals surface area contributed by atoms with E-state index in [0.29, 0.717) is 23.5 Å². The van der Waals surface area contributed by atoms with E-state index in [1.807, 2.05) is 54.6 Å². The standard InChI is InChI=1S/C33H32F3N3O5S2/c34-33(35,36)31(42)39-15-3-5-26(39)29(41)37-17-20-7-13-23(14-8-20)30-43-24(16-27(44-30)22-11-9-21(18-40)10-12-22)19-45-32-38-25-4-1-2-6-28(25)46-32/h1-2,4,6-14,24,26-27,30,40H,3,5,15-19H2,(H,37,41)/t24-,26-,27+,30+/m0/s1. The molecule has 242 valence electrons. The molecular weight excluding hydrogens is 640 g/mol. The Labute approximate surface area is 271 Å². The van der Waals surface area contributed by atoms with Crippen molar-refractivity contribution in [2.75, 3.05) is 12.3 Å². The molecule has 2 saturated heterocycles. The number of nitrogens with zero attached hydrogens (tertiary/aromatic N) is 2. The van der Waals surface area contributed by atoms with E-state index in [0.717, 1.165) is 36.8 Å². The second kappa shape index (κ2) is 14.1. The Balaban J connectivity index is 1.11. The molecule has 0 saturated carbocycles. The number of hydrogen-bond donors (Lipinski definition) is 2. The maximum absolute atomic E-state index is 13.0. The molecule has 0 unspecified atom stereocenters. The Hall–Kier alpha value is -3.49. The van der Waals surface area contributed by atoms with Crippen LogP contribution in [0.1, 0.15) is 53.9 Å². The number of para-hydroxylation sites is 1. The van der Waals surface area contributed by atoms with Crippen molar-refractivity contribution in [3.05, 3.63) is 95.1 Å². The number of aliphatic hydroxyl groups is 1. The molecule has 4 atom stereocenters. The van der Waals surface area contributed by atoms with Gasteiger partial charge in [-0.25, -0.2) is 4.98 Å². The number of carbonyl (C=O) groups excluding carboxylic acids is 2. The Morgan fingerprint density at radius 2 is 1.72 bits per heavy atom. The fourth-order valence-corrected chi connectivity index (χ4v) is 7.76. The van der Waals surface area contributed by atoms with Gasteiger partial charge in [0, 0.05) is 30.8 Å². The van der Waals surface area contributed by atoms with E-state index < -0.39 is 30.3 Å². The van der Waals surface area contributed by atoms with Gasteiger partial charge in [-0.05, 0) is 41.7 Å². The second-order valence-corrected chi connectivity index (χ2v) is 13.5. The summed E-state index contributed by atoms with van der Waals surface area (Å²) < 4.78 is 53.8. The molecule has 0 aliphatic carbocycles. The van der Waals surface area contributed by atoms with E-state index >= 15 is 0 Å². The molecule has 2 amide bonds. The number of fused-ring (bicyclic) bond motifs is 1. The van der Waals surface area contributed by atoms with Crippen molar-refractivity contribution in [3.8, 4) is 0 Å². The minimum Gasteiger partial charge on any atom is -0.392 e. The van der Waals surface area contributed by atoms with Crippen molar-refractivity contribution in [2.24, 2.45) is 0 Å². The van der Waals surface area contributed by atoms with E-state index in [-0.39, 0.29) is 38.3 Å². The van der Waals surface area contributed by atoms with Crippen molar-refractivity contribution in [2.45, 2.75) is 67.5 Å². The van der Waals surface area contributed by atoms with Crippen LogP contribution in [0.25, 0.3) is 10.2 Å². The summed E-state index contributed by atoms with van der Waals surface area (Å²) in [5.41, 5.74) is 4.27. The molecule has 8 nitrogen and oxygen atoms in total. The van der Waals surface area contributed by atoms with E-state index in [1.54, 1.807) is 35.2 Å². The molecule has 0 bridgehead atoms. The minimum absolute atomic E-state index is 0.0453. The number of nitrogens with one attached hydrogen (secondary N) is 1. The molecule has 6 rings (SSSR count). The van der Waals surface area contributed by atoms with Crippen molar-refractivity contribution in [1.29, 1.82) is 0 Å². The summed E-state index contributed by atoms with van der Waals surface area (Å²) in [4.78, 5) is 29.8. The number of amides is 2. The average Bonchev–Trinajstić information content (AvgIpc) is 3.73. The predicted octanol–water partition coefficient (Wildman–Crippen LogP) is 6.30. The number of carbonyl (C=O) groups is 2. The SMILES string of the molecule is O=C(NCc1ccc([C@@H]2O[C@H](CSc3nc4ccccc4s3)C[C@H](c3ccc(CO)cc3)O2)cc1)[C@@H]1CCCN1C(=O)C(F)(F)F. The minimum atomic E-state index is -5.02. The first-order chi connectivity index (χ1) is 22.2. The highest BCUT2D eigenvalue weighted by molar-refractivity contribution is 8.01. The summed E-state index contributed by atoms with van der Waals surface area (Å²) in [5, 5.41) is 12.1. The Morgan fingerprint density at radius 3 is 2.43 bits per heavy atom. The summed E-state index contributed by atoms with van der Waals surface area (Å²) in [5.74, 6) is -1.92. The fraction of sp³-hybridized carbons (Fsp3) is 0.364. The number of aliphatic hydroxyl groups excluding tert-OH is 1. The number of alkyl halides is 3. The zero-order valence-electron chi connectivity index (χ0n) is 24.6. The van der Waals surface area contributed by atoms with Gasteiger partial charge >= 0.3 is 12.1 Å². The molecular formula is C33H32F3N3O5S2. The number of aromatic nitrogens is 1. The third-order valence-electron chi connectivity index (χ3n) is 8.06. The molecule has 3 heterocycles. The molecule has 13 heteroatoms. The van der Waals surface area contributed by atoms with Crippen LogP contribution in [-0.2, 0) is 32.2 Å². The molecule has 3 aromatic carbocycles. The smallest absolute Gasteiger partial charge is 0.392 e. The molecule has 2 N–H and O–H groups in total. The largest absolute Gasteiger partial charge is 0.471 e. The first kappa shape index (κ1) is 32.5. The topological polar surface area (TPSA) is 101 Å². The van der Waals surface area contributed by atoms with Gasteiger partial charge in [-0.1, -0.05) is 72.4 Å². The molecule has 2 aliphatic heterocycles. The summed E-state index contributed by atoms with van der Waals surface area (Å²) in [6.45, 7) is -0.0487. The van der Waals surface area contributed by atoms with Gasteiger partial charge in [-0.3, -0.25) is 9.59 Å². The first-order valence-electron chi connectivity index (χ1n) is 14.9. The number of ether oxygens (including phenoxy) is 2. The van der Waals surface area contributed by atoms with Crippen LogP contribution in [0.4, 0.5) is 13.2 Å². The first-order valence-corrected chi connectivity index (χ1v) is 16.7. The van der Waals surface area contributed by atoms with Crippen molar-refractivity contribution in [1.82, 2.24) is 15.2 Å². The molecule has 2 fully saturated rings. The predicted molar refractivity (Wildman–Crippen MR) is 168 cm³/mol. The number of hydrogen-bond acceptors (Lipinski definition) is 8. The average molecular weight is 672 g/mol. The van der Waals surface area contributed by atoms with Crippen LogP contribution >= 0.6 is 23.1 Å². The molecule has 0 spiro atoms. The van der Waals surface area contributed by atoms with Gasteiger partial charge in [0.1, 0.15) is 6.04 Å². The fourth-order valence-electron chi connectivity index (χ4n) is 5.64. The summed E-state index contributed by atoms with van der Waals surface area (Å²) in [6, 6.07) is 21.8. The third kappa shape index (κ3) is 7.55. The summed E-state index contributed by atoms with van der Waals surface area (Å²) in [7, 11) is 0. The number of rotatable bonds is 9. The van der Waals surface area contributed by atoms with Gasteiger partial charge in [-0.2, -0.15) is 13.2 Å². The van der Waals surface area contributed by atoms with Crippen LogP contribution in [0.3, 0.4) is 0 Å². The Morgan fingerprint density at radius 1 is 1.00 bits per heavy atom. The van der Waals surface area contributed by atoms with Crippen LogP contribution in [0, 0.1) is 0 Å². The van der Waals surface area contributed by atoms with Gasteiger partial charge in [0.15, 0.2) is 10.6 Å². The van der Waals surface area contributed by atoms with Crippen LogP contribution < -0.4 is 5.32 Å². The molecule has 4 aromatic rings. The van der Waals surface area contributed by atoms with Gasteiger partial charge < -0.3 is 24.8 Å². The lowest BCUT2D eigenvalue weighted by Gasteiger charge is -2.36. The molecule has 2 aliphatic rings. The van der Waals surface area contributed by atoms with E-state index in [1.165, 1.54) is 0 Å². The summed E-state index contributed by atoms with van der Waals surface area (Å²) in [6.07, 6.45) is -4.93. The normalized spacial score (nSPS) is 21.9. The highest BCUT2D eigenvalue weighted by Gasteiger charge is 2.47. The molecule has 46 heavy (non-hydrogen) atoms. The third-order valence-corrected chi connectivity index (χ3v) is 10.4. The highest BCUT2D eigenvalue weighted by atomic mass is 32.2. The maximum atomic E-state index is 13.0. The van der Waals surface area contributed by atoms with Crippen LogP contribution in [0.15, 0.2) is 77.1 Å². The Bertz CT molecular complexity index is 1630. The van der Waals surface area contributed by atoms with Gasteiger partial charge in [0.05, 0.1) is 29.0 Å². The van der Waals surface area contributed by atoms with E-state index in [2.05, 4.69) is 11.4 Å². The lowest BCUT2D eigenvalue weighted by atomic mass is 10.0. The number of thioether (sulfide) groups is 1. The molecule has 0 radical (unpaired) electrons. The maximum Gasteiger partial charge on any atom is 0.471 e.